The molecule has 2 aromatic rings. The maximum atomic E-state index is 9.75. The van der Waals surface area contributed by atoms with Gasteiger partial charge in [-0.1, -0.05) is 25.1 Å². The number of hydrogen-bond acceptors (Lipinski definition) is 4. The van der Waals surface area contributed by atoms with Crippen LogP contribution in [0.3, 0.4) is 0 Å². The van der Waals surface area contributed by atoms with Crippen molar-refractivity contribution >= 4 is 5.57 Å². The Hall–Kier alpha value is -2.11. The number of hydrogen-bond donors (Lipinski definition) is 1. The molecular weight excluding hydrogens is 314 g/mol. The van der Waals surface area contributed by atoms with Gasteiger partial charge in [0.1, 0.15) is 5.75 Å². The van der Waals surface area contributed by atoms with Gasteiger partial charge in [-0.15, -0.1) is 0 Å². The Balaban J connectivity index is 1.56. The van der Waals surface area contributed by atoms with Crippen LogP contribution in [0.5, 0.6) is 5.75 Å². The van der Waals surface area contributed by atoms with E-state index in [1.165, 1.54) is 16.7 Å². The van der Waals surface area contributed by atoms with Crippen LogP contribution in [0, 0.1) is 0 Å². The van der Waals surface area contributed by atoms with Gasteiger partial charge in [0.15, 0.2) is 0 Å². The van der Waals surface area contributed by atoms with Gasteiger partial charge in [0.2, 0.25) is 0 Å². The van der Waals surface area contributed by atoms with E-state index in [1.54, 1.807) is 7.11 Å². The van der Waals surface area contributed by atoms with Crippen LogP contribution >= 0.6 is 0 Å². The predicted molar refractivity (Wildman–Crippen MR) is 99.4 cm³/mol. The van der Waals surface area contributed by atoms with E-state index in [1.807, 2.05) is 36.1 Å². The van der Waals surface area contributed by atoms with Crippen molar-refractivity contribution in [3.05, 3.63) is 53.9 Å². The van der Waals surface area contributed by atoms with Crippen molar-refractivity contribution < 1.29 is 9.84 Å². The van der Waals surface area contributed by atoms with Crippen molar-refractivity contribution in [2.24, 2.45) is 0 Å². The molecule has 0 amide bonds. The van der Waals surface area contributed by atoms with Gasteiger partial charge in [-0.25, -0.2) is 0 Å². The van der Waals surface area contributed by atoms with Gasteiger partial charge in [0, 0.05) is 31.4 Å². The Morgan fingerprint density at radius 1 is 1.28 bits per heavy atom. The molecule has 0 saturated heterocycles. The smallest absolute Gasteiger partial charge is 0.118 e. The minimum absolute atomic E-state index is 0.326. The summed E-state index contributed by atoms with van der Waals surface area (Å²) in [5.74, 6) is 0.898. The summed E-state index contributed by atoms with van der Waals surface area (Å²) in [7, 11) is 1.69. The van der Waals surface area contributed by atoms with E-state index in [-0.39, 0.29) is 6.10 Å². The molecule has 1 aromatic carbocycles. The molecule has 1 aromatic heterocycles. The number of methoxy groups -OCH3 is 1. The lowest BCUT2D eigenvalue weighted by Gasteiger charge is -2.26. The molecule has 5 nitrogen and oxygen atoms in total. The molecule has 1 unspecified atom stereocenters. The summed E-state index contributed by atoms with van der Waals surface area (Å²) < 4.78 is 7.05. The standard InChI is InChI=1S/C20H27N3O2/c1-3-19(24)15-23-14-18(12-21-23)17-8-10-22(11-9-17)13-16-4-6-20(25-2)7-5-16/h4-8,12,14,19,24H,3,9-11,13,15H2,1-2H3. The number of rotatable bonds is 7. The predicted octanol–water partition coefficient (Wildman–Crippen LogP) is 2.95. The van der Waals surface area contributed by atoms with Crippen LogP contribution in [0.2, 0.25) is 0 Å². The molecule has 3 rings (SSSR count). The van der Waals surface area contributed by atoms with Crippen LogP contribution in [-0.2, 0) is 13.1 Å². The summed E-state index contributed by atoms with van der Waals surface area (Å²) in [5.41, 5.74) is 3.83. The third-order valence-electron chi connectivity index (χ3n) is 4.73. The first-order valence-electron chi connectivity index (χ1n) is 8.93. The minimum Gasteiger partial charge on any atom is -0.497 e. The minimum atomic E-state index is -0.326. The van der Waals surface area contributed by atoms with Gasteiger partial charge in [-0.3, -0.25) is 9.58 Å². The van der Waals surface area contributed by atoms with Gasteiger partial charge >= 0.3 is 0 Å². The molecule has 5 heteroatoms. The Morgan fingerprint density at radius 2 is 2.08 bits per heavy atom. The summed E-state index contributed by atoms with van der Waals surface area (Å²) in [4.78, 5) is 2.44. The van der Waals surface area contributed by atoms with Crippen LogP contribution in [0.15, 0.2) is 42.7 Å². The van der Waals surface area contributed by atoms with Crippen molar-refractivity contribution in [3.63, 3.8) is 0 Å². The zero-order valence-corrected chi connectivity index (χ0v) is 15.1. The van der Waals surface area contributed by atoms with E-state index < -0.39 is 0 Å². The van der Waals surface area contributed by atoms with Crippen molar-refractivity contribution in [2.45, 2.75) is 39.0 Å². The van der Waals surface area contributed by atoms with Gasteiger partial charge in [0.25, 0.3) is 0 Å². The maximum Gasteiger partial charge on any atom is 0.118 e. The molecule has 0 spiro atoms. The van der Waals surface area contributed by atoms with Crippen molar-refractivity contribution in [1.29, 1.82) is 0 Å². The highest BCUT2D eigenvalue weighted by Crippen LogP contribution is 2.23. The van der Waals surface area contributed by atoms with E-state index in [9.17, 15) is 5.11 Å². The molecule has 0 aliphatic carbocycles. The Morgan fingerprint density at radius 3 is 2.72 bits per heavy atom. The van der Waals surface area contributed by atoms with Crippen molar-refractivity contribution in [3.8, 4) is 5.75 Å². The maximum absolute atomic E-state index is 9.75. The molecule has 25 heavy (non-hydrogen) atoms. The molecule has 1 aliphatic heterocycles. The average molecular weight is 341 g/mol. The van der Waals surface area contributed by atoms with E-state index in [0.717, 1.165) is 38.2 Å². The summed E-state index contributed by atoms with van der Waals surface area (Å²) in [6.07, 6.45) is 7.70. The zero-order valence-electron chi connectivity index (χ0n) is 15.1. The first-order valence-corrected chi connectivity index (χ1v) is 8.93. The largest absolute Gasteiger partial charge is 0.497 e. The fraction of sp³-hybridized carbons (Fsp3) is 0.450. The van der Waals surface area contributed by atoms with Crippen LogP contribution in [0.4, 0.5) is 0 Å². The van der Waals surface area contributed by atoms with E-state index >= 15 is 0 Å². The highest BCUT2D eigenvalue weighted by molar-refractivity contribution is 5.65. The monoisotopic (exact) mass is 341 g/mol. The quantitative estimate of drug-likeness (QED) is 0.841. The fourth-order valence-electron chi connectivity index (χ4n) is 3.08. The lowest BCUT2D eigenvalue weighted by Crippen LogP contribution is -2.27. The number of aliphatic hydroxyl groups excluding tert-OH is 1. The molecule has 0 fully saturated rings. The van der Waals surface area contributed by atoms with Gasteiger partial charge < -0.3 is 9.84 Å². The highest BCUT2D eigenvalue weighted by atomic mass is 16.5. The van der Waals surface area contributed by atoms with Crippen LogP contribution < -0.4 is 4.74 Å². The number of benzene rings is 1. The van der Waals surface area contributed by atoms with E-state index in [2.05, 4.69) is 28.2 Å². The fourth-order valence-corrected chi connectivity index (χ4v) is 3.08. The van der Waals surface area contributed by atoms with Crippen LogP contribution in [0.25, 0.3) is 5.57 Å². The Bertz CT molecular complexity index is 706. The zero-order chi connectivity index (χ0) is 17.6. The molecule has 2 heterocycles. The Labute approximate surface area is 149 Å². The SMILES string of the molecule is CCC(O)Cn1cc(C2=CCN(Cc3ccc(OC)cc3)CC2)cn1. The average Bonchev–Trinajstić information content (AvgIpc) is 3.11. The first-order chi connectivity index (χ1) is 12.2. The van der Waals surface area contributed by atoms with Crippen LogP contribution in [0.1, 0.15) is 30.9 Å². The topological polar surface area (TPSA) is 50.5 Å². The van der Waals surface area contributed by atoms with E-state index in [0.29, 0.717) is 6.54 Å². The summed E-state index contributed by atoms with van der Waals surface area (Å²) in [6, 6.07) is 8.28. The summed E-state index contributed by atoms with van der Waals surface area (Å²) in [5, 5.41) is 14.1. The van der Waals surface area contributed by atoms with Crippen LogP contribution in [-0.4, -0.2) is 46.1 Å². The first kappa shape index (κ1) is 17.7. The number of aliphatic hydroxyl groups is 1. The van der Waals surface area contributed by atoms with Crippen molar-refractivity contribution in [1.82, 2.24) is 14.7 Å². The second kappa shape index (κ2) is 8.32. The number of ether oxygens (including phenoxy) is 1. The second-order valence-electron chi connectivity index (χ2n) is 6.58. The second-order valence-corrected chi connectivity index (χ2v) is 6.58. The van der Waals surface area contributed by atoms with Gasteiger partial charge in [0.05, 0.1) is 26.0 Å². The molecule has 0 radical (unpaired) electrons. The van der Waals surface area contributed by atoms with Gasteiger partial charge in [-0.2, -0.15) is 5.10 Å². The summed E-state index contributed by atoms with van der Waals surface area (Å²) in [6.45, 7) is 5.49. The van der Waals surface area contributed by atoms with Crippen molar-refractivity contribution in [2.75, 3.05) is 20.2 Å². The third-order valence-corrected chi connectivity index (χ3v) is 4.73. The normalized spacial score (nSPS) is 16.5. The molecule has 0 bridgehead atoms. The lowest BCUT2D eigenvalue weighted by atomic mass is 10.0. The lowest BCUT2D eigenvalue weighted by molar-refractivity contribution is 0.145. The number of nitrogens with zero attached hydrogens (tertiary/aromatic N) is 3. The summed E-state index contributed by atoms with van der Waals surface area (Å²) >= 11 is 0. The number of aromatic nitrogens is 2. The van der Waals surface area contributed by atoms with Gasteiger partial charge in [-0.05, 0) is 36.1 Å². The Kier molecular flexibility index (Phi) is 5.89. The molecule has 134 valence electrons. The molecule has 1 aliphatic rings. The molecular formula is C20H27N3O2. The molecule has 1 atom stereocenters. The van der Waals surface area contributed by atoms with E-state index in [4.69, 9.17) is 4.74 Å². The third kappa shape index (κ3) is 4.71. The highest BCUT2D eigenvalue weighted by Gasteiger charge is 2.15. The molecule has 1 N–H and O–H groups in total. The molecule has 0 saturated carbocycles.